The molecule has 11 atom stereocenters. The van der Waals surface area contributed by atoms with Crippen LogP contribution in [0.5, 0.6) is 0 Å². The minimum atomic E-state index is 0.308. The molecule has 3 aromatic carbocycles. The van der Waals surface area contributed by atoms with Gasteiger partial charge in [0, 0.05) is 47.7 Å². The molecule has 260 valence electrons. The minimum Gasteiger partial charge on any atom is -0.362 e. The highest BCUT2D eigenvalue weighted by Crippen LogP contribution is 2.57. The lowest BCUT2D eigenvalue weighted by Crippen LogP contribution is -2.84. The summed E-state index contributed by atoms with van der Waals surface area (Å²) in [6.07, 6.45) is 20.4. The van der Waals surface area contributed by atoms with Crippen molar-refractivity contribution in [3.63, 3.8) is 0 Å². The Morgan fingerprint density at radius 2 is 1.22 bits per heavy atom. The topological polar surface area (TPSA) is 26.8 Å². The van der Waals surface area contributed by atoms with Crippen LogP contribution in [-0.2, 0) is 11.2 Å². The number of benzene rings is 3. The van der Waals surface area contributed by atoms with E-state index in [1.54, 1.807) is 0 Å². The summed E-state index contributed by atoms with van der Waals surface area (Å²) >= 11 is 0. The van der Waals surface area contributed by atoms with Crippen LogP contribution in [0.15, 0.2) is 72.8 Å². The number of nitrogens with zero attached hydrogens (tertiary/aromatic N) is 3. The maximum atomic E-state index is 14.8. The number of hydrogen-bond acceptors (Lipinski definition) is 3. The Morgan fingerprint density at radius 1 is 0.520 bits per heavy atom. The minimum absolute atomic E-state index is 0.308. The molecule has 5 aliphatic carbocycles. The van der Waals surface area contributed by atoms with E-state index in [9.17, 15) is 4.79 Å². The number of anilines is 1. The maximum Gasteiger partial charge on any atom is 0.226 e. The highest BCUT2D eigenvalue weighted by molar-refractivity contribution is 5.82. The molecule has 50 heavy (non-hydrogen) atoms. The molecular weight excluding hydrogens is 611 g/mol. The van der Waals surface area contributed by atoms with E-state index in [1.807, 2.05) is 0 Å². The van der Waals surface area contributed by atoms with Crippen molar-refractivity contribution in [2.24, 2.45) is 17.8 Å². The molecular formula is C46H55N3O. The molecule has 0 radical (unpaired) electrons. The number of carbonyl (C=O) groups excluding carboxylic acids is 1. The fraction of sp³-hybridized carbons (Fsp3) is 0.587. The molecule has 1 amide bonds. The molecule has 3 aliphatic heterocycles. The van der Waals surface area contributed by atoms with Crippen molar-refractivity contribution < 1.29 is 4.79 Å². The molecule has 0 N–H and O–H groups in total. The molecule has 8 aliphatic rings. The number of rotatable bonds is 2. The molecule has 4 heteroatoms. The van der Waals surface area contributed by atoms with Crippen LogP contribution in [-0.4, -0.2) is 58.0 Å². The van der Waals surface area contributed by atoms with E-state index in [0.29, 0.717) is 66.0 Å². The van der Waals surface area contributed by atoms with Crippen LogP contribution in [0.25, 0.3) is 11.1 Å². The fourth-order valence-corrected chi connectivity index (χ4v) is 14.0. The summed E-state index contributed by atoms with van der Waals surface area (Å²) < 4.78 is 0. The van der Waals surface area contributed by atoms with Crippen LogP contribution in [0.3, 0.4) is 0 Å². The van der Waals surface area contributed by atoms with Crippen molar-refractivity contribution in [1.82, 2.24) is 9.80 Å². The second-order valence-electron chi connectivity index (χ2n) is 17.7. The summed E-state index contributed by atoms with van der Waals surface area (Å²) in [5, 5.41) is 0. The summed E-state index contributed by atoms with van der Waals surface area (Å²) in [5.41, 5.74) is 8.80. The van der Waals surface area contributed by atoms with E-state index < -0.39 is 0 Å². The van der Waals surface area contributed by atoms with Gasteiger partial charge in [-0.15, -0.1) is 0 Å². The third-order valence-corrected chi connectivity index (χ3v) is 15.7. The number of aryl methyl sites for hydroxylation is 1. The third-order valence-electron chi connectivity index (χ3n) is 15.7. The first kappa shape index (κ1) is 30.5. The van der Waals surface area contributed by atoms with Crippen molar-refractivity contribution in [1.29, 1.82) is 0 Å². The van der Waals surface area contributed by atoms with Gasteiger partial charge in [0.15, 0.2) is 0 Å². The van der Waals surface area contributed by atoms with Crippen LogP contribution in [0.1, 0.15) is 119 Å². The average molecular weight is 666 g/mol. The Balaban J connectivity index is 1.02. The Kier molecular flexibility index (Phi) is 7.30. The number of carbonyl (C=O) groups is 1. The molecule has 7 fully saturated rings. The first-order valence-corrected chi connectivity index (χ1v) is 20.9. The van der Waals surface area contributed by atoms with Crippen molar-refractivity contribution in [2.75, 3.05) is 4.90 Å². The number of piperidine rings is 1. The molecule has 3 saturated heterocycles. The smallest absolute Gasteiger partial charge is 0.226 e. The van der Waals surface area contributed by atoms with E-state index in [-0.39, 0.29) is 0 Å². The van der Waals surface area contributed by atoms with E-state index in [1.165, 1.54) is 117 Å². The summed E-state index contributed by atoms with van der Waals surface area (Å²) in [5.74, 6) is 2.71. The standard InChI is InChI=1S/C46H55N3O/c50-46-37-17-7-6-16-35(37)36-18-10-21-41-44(36)49(46)43-23-11-22-42-45(43)48(41)40-20-9-8-19-39(40)47(42)31-26-24-30-25-27-32(29-12-2-1-3-13-29)33-14-4-5-15-34(33)38(30)28-31/h1-5,12-15,24,26,28,32,35-37,39-45H,6-11,16-23,25,27H2. The van der Waals surface area contributed by atoms with Gasteiger partial charge in [-0.3, -0.25) is 9.69 Å². The Labute approximate surface area is 299 Å². The lowest BCUT2D eigenvalue weighted by molar-refractivity contribution is -0.199. The zero-order valence-corrected chi connectivity index (χ0v) is 29.8. The summed E-state index contributed by atoms with van der Waals surface area (Å²) in [7, 11) is 0. The van der Waals surface area contributed by atoms with Gasteiger partial charge >= 0.3 is 0 Å². The van der Waals surface area contributed by atoms with Gasteiger partial charge in [0.1, 0.15) is 0 Å². The van der Waals surface area contributed by atoms with Crippen molar-refractivity contribution in [3.05, 3.63) is 89.5 Å². The van der Waals surface area contributed by atoms with Gasteiger partial charge in [0.05, 0.1) is 12.1 Å². The first-order valence-electron chi connectivity index (χ1n) is 20.9. The third kappa shape index (κ3) is 4.42. The normalized spacial score (nSPS) is 38.8. The zero-order valence-electron chi connectivity index (χ0n) is 29.8. The van der Waals surface area contributed by atoms with E-state index >= 15 is 0 Å². The highest BCUT2D eigenvalue weighted by Gasteiger charge is 2.65. The monoisotopic (exact) mass is 665 g/mol. The maximum absolute atomic E-state index is 14.8. The Bertz CT molecular complexity index is 1770. The van der Waals surface area contributed by atoms with E-state index in [4.69, 9.17) is 0 Å². The molecule has 4 nitrogen and oxygen atoms in total. The summed E-state index contributed by atoms with van der Waals surface area (Å²) in [4.78, 5) is 23.6. The molecule has 11 rings (SSSR count). The van der Waals surface area contributed by atoms with Crippen LogP contribution in [0.2, 0.25) is 0 Å². The van der Waals surface area contributed by atoms with Crippen molar-refractivity contribution in [2.45, 2.75) is 151 Å². The van der Waals surface area contributed by atoms with Gasteiger partial charge in [-0.2, -0.15) is 0 Å². The summed E-state index contributed by atoms with van der Waals surface area (Å²) in [6, 6.07) is 31.8. The van der Waals surface area contributed by atoms with Gasteiger partial charge in [-0.05, 0) is 122 Å². The predicted octanol–water partition coefficient (Wildman–Crippen LogP) is 9.35. The van der Waals surface area contributed by atoms with Crippen LogP contribution >= 0.6 is 0 Å². The van der Waals surface area contributed by atoms with Crippen LogP contribution in [0.4, 0.5) is 5.69 Å². The highest BCUT2D eigenvalue weighted by atomic mass is 16.2. The predicted molar refractivity (Wildman–Crippen MR) is 201 cm³/mol. The lowest BCUT2D eigenvalue weighted by atomic mass is 9.58. The molecule has 11 unspecified atom stereocenters. The number of piperazine rings is 2. The van der Waals surface area contributed by atoms with E-state index in [0.717, 1.165) is 25.2 Å². The fourth-order valence-electron chi connectivity index (χ4n) is 14.0. The number of fused-ring (bicyclic) bond motifs is 9. The average Bonchev–Trinajstić information content (AvgIpc) is 3.34. The molecule has 0 aromatic heterocycles. The Hall–Kier alpha value is -3.11. The van der Waals surface area contributed by atoms with Crippen LogP contribution < -0.4 is 4.90 Å². The van der Waals surface area contributed by atoms with Gasteiger partial charge in [0.25, 0.3) is 0 Å². The van der Waals surface area contributed by atoms with Gasteiger partial charge in [-0.25, -0.2) is 0 Å². The summed E-state index contributed by atoms with van der Waals surface area (Å²) in [6.45, 7) is 0. The van der Waals surface area contributed by atoms with Crippen LogP contribution in [0, 0.1) is 17.8 Å². The second kappa shape index (κ2) is 12.0. The SMILES string of the molecule is O=C1C2CCCCC2C2CCCC3C2N1C1CCCC2C1N3C1CCCCC1N2c1ccc2c(c1)-c1ccccc1C(c1ccccc1)CC2. The van der Waals surface area contributed by atoms with Crippen molar-refractivity contribution in [3.8, 4) is 11.1 Å². The molecule has 0 bridgehead atoms. The lowest BCUT2D eigenvalue weighted by Gasteiger charge is -2.72. The van der Waals surface area contributed by atoms with Gasteiger partial charge in [0.2, 0.25) is 5.91 Å². The number of hydrogen-bond donors (Lipinski definition) is 0. The second-order valence-corrected chi connectivity index (χ2v) is 17.7. The molecule has 4 saturated carbocycles. The molecule has 3 heterocycles. The zero-order chi connectivity index (χ0) is 32.9. The van der Waals surface area contributed by atoms with Gasteiger partial charge < -0.3 is 9.80 Å². The Morgan fingerprint density at radius 3 is 2.12 bits per heavy atom. The largest absolute Gasteiger partial charge is 0.362 e. The molecule has 3 aromatic rings. The van der Waals surface area contributed by atoms with Crippen molar-refractivity contribution >= 4 is 11.6 Å². The van der Waals surface area contributed by atoms with Gasteiger partial charge in [-0.1, -0.05) is 92.8 Å². The molecule has 0 spiro atoms. The quantitative estimate of drug-likeness (QED) is 0.273. The number of amides is 1. The van der Waals surface area contributed by atoms with E-state index in [2.05, 4.69) is 87.5 Å². The first-order chi connectivity index (χ1) is 24.8.